The number of aliphatic hydroxyl groups excluding tert-OH is 2. The fraction of sp³-hybridized carbons (Fsp3) is 0.357. The average molecular weight is 495 g/mol. The highest BCUT2D eigenvalue weighted by molar-refractivity contribution is 7.85. The highest BCUT2D eigenvalue weighted by atomic mass is 31.2. The van der Waals surface area contributed by atoms with Gasteiger partial charge in [0.05, 0.1) is 26.0 Å². The van der Waals surface area contributed by atoms with E-state index in [1.54, 1.807) is 7.11 Å². The van der Waals surface area contributed by atoms with Crippen LogP contribution in [0, 0.1) is 0 Å². The molecule has 2 N–H and O–H groups in total. The summed E-state index contributed by atoms with van der Waals surface area (Å²) >= 11 is 0. The SMILES string of the molecule is COc1cccc(P(=O)(c2ccccc2)c2ccccc2)c1N1CCC[C@@H](N(CCO)CCO)C1. The zero-order chi connectivity index (χ0) is 24.7. The van der Waals surface area contributed by atoms with Gasteiger partial charge in [-0.1, -0.05) is 66.7 Å². The molecule has 1 fully saturated rings. The van der Waals surface area contributed by atoms with Crippen LogP contribution in [0.2, 0.25) is 0 Å². The number of methoxy groups -OCH3 is 1. The molecule has 0 aromatic heterocycles. The van der Waals surface area contributed by atoms with E-state index >= 15 is 4.57 Å². The highest BCUT2D eigenvalue weighted by Gasteiger charge is 2.36. The van der Waals surface area contributed by atoms with Crippen molar-refractivity contribution in [3.63, 3.8) is 0 Å². The van der Waals surface area contributed by atoms with Gasteiger partial charge in [-0.25, -0.2) is 0 Å². The maximum atomic E-state index is 15.2. The molecule has 0 amide bonds. The van der Waals surface area contributed by atoms with Crippen molar-refractivity contribution in [3.05, 3.63) is 78.9 Å². The van der Waals surface area contributed by atoms with Crippen LogP contribution in [0.4, 0.5) is 5.69 Å². The minimum atomic E-state index is -3.20. The molecule has 1 aliphatic heterocycles. The number of anilines is 1. The third-order valence-corrected chi connectivity index (χ3v) is 9.87. The fourth-order valence-corrected chi connectivity index (χ4v) is 8.02. The van der Waals surface area contributed by atoms with Gasteiger partial charge in [0.25, 0.3) is 0 Å². The minimum Gasteiger partial charge on any atom is -0.495 e. The van der Waals surface area contributed by atoms with Crippen LogP contribution in [0.25, 0.3) is 0 Å². The summed E-state index contributed by atoms with van der Waals surface area (Å²) in [6.45, 7) is 2.66. The van der Waals surface area contributed by atoms with E-state index < -0.39 is 7.14 Å². The number of benzene rings is 3. The molecule has 7 heteroatoms. The number of para-hydroxylation sites is 1. The average Bonchev–Trinajstić information content (AvgIpc) is 2.93. The third-order valence-electron chi connectivity index (χ3n) is 6.78. The van der Waals surface area contributed by atoms with Crippen LogP contribution >= 0.6 is 7.14 Å². The van der Waals surface area contributed by atoms with E-state index in [2.05, 4.69) is 9.80 Å². The van der Waals surface area contributed by atoms with Crippen LogP contribution in [-0.2, 0) is 4.57 Å². The topological polar surface area (TPSA) is 73.2 Å². The first-order valence-corrected chi connectivity index (χ1v) is 13.9. The van der Waals surface area contributed by atoms with Crippen LogP contribution < -0.4 is 25.6 Å². The van der Waals surface area contributed by atoms with E-state index in [4.69, 9.17) is 4.74 Å². The van der Waals surface area contributed by atoms with Gasteiger partial charge in [-0.3, -0.25) is 4.90 Å². The van der Waals surface area contributed by atoms with E-state index in [9.17, 15) is 10.2 Å². The number of nitrogens with zero attached hydrogens (tertiary/aromatic N) is 2. The quantitative estimate of drug-likeness (QED) is 0.422. The van der Waals surface area contributed by atoms with Crippen molar-refractivity contribution >= 4 is 28.7 Å². The van der Waals surface area contributed by atoms with E-state index in [0.717, 1.165) is 41.0 Å². The first-order valence-electron chi connectivity index (χ1n) is 12.2. The first kappa shape index (κ1) is 25.5. The minimum absolute atomic E-state index is 0.0492. The lowest BCUT2D eigenvalue weighted by Crippen LogP contribution is -2.50. The zero-order valence-electron chi connectivity index (χ0n) is 20.3. The first-order chi connectivity index (χ1) is 17.1. The molecule has 0 spiro atoms. The monoisotopic (exact) mass is 494 g/mol. The number of hydrogen-bond acceptors (Lipinski definition) is 6. The summed E-state index contributed by atoms with van der Waals surface area (Å²) < 4.78 is 21.1. The van der Waals surface area contributed by atoms with E-state index in [-0.39, 0.29) is 19.3 Å². The highest BCUT2D eigenvalue weighted by Crippen LogP contribution is 2.47. The second kappa shape index (κ2) is 11.9. The Morgan fingerprint density at radius 1 is 0.914 bits per heavy atom. The molecule has 0 saturated carbocycles. The summed E-state index contributed by atoms with van der Waals surface area (Å²) in [6, 6.07) is 25.4. The van der Waals surface area contributed by atoms with Gasteiger partial charge in [0.2, 0.25) is 0 Å². The summed E-state index contributed by atoms with van der Waals surface area (Å²) in [7, 11) is -1.55. The maximum Gasteiger partial charge on any atom is 0.173 e. The summed E-state index contributed by atoms with van der Waals surface area (Å²) in [6.07, 6.45) is 1.94. The van der Waals surface area contributed by atoms with Crippen molar-refractivity contribution in [2.24, 2.45) is 0 Å². The van der Waals surface area contributed by atoms with Gasteiger partial charge in [-0.05, 0) is 25.0 Å². The number of piperidine rings is 1. The van der Waals surface area contributed by atoms with Crippen molar-refractivity contribution in [3.8, 4) is 5.75 Å². The normalized spacial score (nSPS) is 16.5. The van der Waals surface area contributed by atoms with Crippen molar-refractivity contribution in [1.82, 2.24) is 4.90 Å². The maximum absolute atomic E-state index is 15.2. The number of aliphatic hydroxyl groups is 2. The molecular formula is C28H35N2O4P. The van der Waals surface area contributed by atoms with Gasteiger partial charge in [0, 0.05) is 48.1 Å². The Labute approximate surface area is 208 Å². The summed E-state index contributed by atoms with van der Waals surface area (Å²) in [5.41, 5.74) is 0.865. The van der Waals surface area contributed by atoms with Crippen LogP contribution in [0.1, 0.15) is 12.8 Å². The zero-order valence-corrected chi connectivity index (χ0v) is 21.2. The fourth-order valence-electron chi connectivity index (χ4n) is 5.14. The molecular weight excluding hydrogens is 459 g/mol. The lowest BCUT2D eigenvalue weighted by Gasteiger charge is -2.41. The van der Waals surface area contributed by atoms with Gasteiger partial charge in [0.15, 0.2) is 7.14 Å². The Morgan fingerprint density at radius 3 is 2.06 bits per heavy atom. The number of rotatable bonds is 10. The predicted molar refractivity (Wildman–Crippen MR) is 143 cm³/mol. The molecule has 0 aliphatic carbocycles. The molecule has 35 heavy (non-hydrogen) atoms. The lowest BCUT2D eigenvalue weighted by molar-refractivity contribution is 0.112. The van der Waals surface area contributed by atoms with Gasteiger partial charge < -0.3 is 24.4 Å². The Kier molecular flexibility index (Phi) is 8.64. The van der Waals surface area contributed by atoms with E-state index in [1.165, 1.54) is 0 Å². The van der Waals surface area contributed by atoms with Crippen molar-refractivity contribution in [1.29, 1.82) is 0 Å². The van der Waals surface area contributed by atoms with E-state index in [1.807, 2.05) is 78.9 Å². The molecule has 0 radical (unpaired) electrons. The summed E-state index contributed by atoms with van der Waals surface area (Å²) in [5.74, 6) is 0.700. The number of ether oxygens (including phenoxy) is 1. The molecule has 0 bridgehead atoms. The van der Waals surface area contributed by atoms with E-state index in [0.29, 0.717) is 25.4 Å². The number of hydrogen-bond donors (Lipinski definition) is 2. The van der Waals surface area contributed by atoms with Gasteiger partial charge in [0.1, 0.15) is 5.75 Å². The molecule has 6 nitrogen and oxygen atoms in total. The Morgan fingerprint density at radius 2 is 1.51 bits per heavy atom. The van der Waals surface area contributed by atoms with Crippen molar-refractivity contribution < 1.29 is 19.5 Å². The molecule has 186 valence electrons. The van der Waals surface area contributed by atoms with Gasteiger partial charge in [-0.15, -0.1) is 0 Å². The molecule has 0 unspecified atom stereocenters. The van der Waals surface area contributed by atoms with Crippen LogP contribution in [-0.4, -0.2) is 67.7 Å². The molecule has 1 atom stereocenters. The van der Waals surface area contributed by atoms with Gasteiger partial charge in [-0.2, -0.15) is 0 Å². The van der Waals surface area contributed by atoms with Gasteiger partial charge >= 0.3 is 0 Å². The largest absolute Gasteiger partial charge is 0.495 e. The van der Waals surface area contributed by atoms with Crippen molar-refractivity contribution in [2.45, 2.75) is 18.9 Å². The Bertz CT molecular complexity index is 1080. The van der Waals surface area contributed by atoms with Crippen molar-refractivity contribution in [2.75, 3.05) is 51.4 Å². The molecule has 3 aromatic rings. The molecule has 1 saturated heterocycles. The molecule has 4 rings (SSSR count). The smallest absolute Gasteiger partial charge is 0.173 e. The summed E-state index contributed by atoms with van der Waals surface area (Å²) in [4.78, 5) is 4.43. The molecule has 1 aliphatic rings. The Balaban J connectivity index is 1.85. The standard InChI is InChI=1S/C28H35N2O4P/c1-34-26-15-8-16-27(28(26)30-17-9-10-23(22-30)29(18-20-31)19-21-32)35(33,24-11-4-2-5-12-24)25-13-6-3-7-14-25/h2-8,11-16,23,31-32H,9-10,17-22H2,1H3/t23-/m1/s1. The molecule has 3 aromatic carbocycles. The predicted octanol–water partition coefficient (Wildman–Crippen LogP) is 2.59. The second-order valence-corrected chi connectivity index (χ2v) is 11.6. The Hall–Kier alpha value is -2.63. The van der Waals surface area contributed by atoms with Crippen LogP contribution in [0.3, 0.4) is 0 Å². The lowest BCUT2D eigenvalue weighted by atomic mass is 10.0. The summed E-state index contributed by atoms with van der Waals surface area (Å²) in [5, 5.41) is 21.5. The third kappa shape index (κ3) is 5.31. The van der Waals surface area contributed by atoms with Crippen LogP contribution in [0.5, 0.6) is 5.75 Å². The molecule has 1 heterocycles. The second-order valence-electron chi connectivity index (χ2n) is 8.83. The van der Waals surface area contributed by atoms with Crippen LogP contribution in [0.15, 0.2) is 78.9 Å².